The summed E-state index contributed by atoms with van der Waals surface area (Å²) in [5.74, 6) is 0.902. The van der Waals surface area contributed by atoms with Crippen molar-refractivity contribution in [2.24, 2.45) is 5.73 Å². The largest absolute Gasteiger partial charge is 0.497 e. The van der Waals surface area contributed by atoms with Gasteiger partial charge in [-0.15, -0.1) is 0 Å². The molecule has 0 heterocycles. The third kappa shape index (κ3) is 5.44. The van der Waals surface area contributed by atoms with Gasteiger partial charge in [-0.05, 0) is 48.4 Å². The van der Waals surface area contributed by atoms with Crippen LogP contribution in [0.3, 0.4) is 0 Å². The van der Waals surface area contributed by atoms with Crippen molar-refractivity contribution in [3.63, 3.8) is 0 Å². The van der Waals surface area contributed by atoms with E-state index in [-0.39, 0.29) is 0 Å². The summed E-state index contributed by atoms with van der Waals surface area (Å²) in [6.07, 6.45) is 0.998. The molecule has 0 aliphatic carbocycles. The van der Waals surface area contributed by atoms with E-state index >= 15 is 0 Å². The molecule has 0 atom stereocenters. The molecule has 0 aliphatic heterocycles. The Morgan fingerprint density at radius 2 is 1.73 bits per heavy atom. The van der Waals surface area contributed by atoms with Gasteiger partial charge in [0.1, 0.15) is 5.75 Å². The minimum atomic E-state index is 0.715. The zero-order valence-electron chi connectivity index (χ0n) is 13.0. The van der Waals surface area contributed by atoms with E-state index < -0.39 is 0 Å². The van der Waals surface area contributed by atoms with Crippen LogP contribution in [-0.4, -0.2) is 25.1 Å². The number of methoxy groups -OCH3 is 1. The lowest BCUT2D eigenvalue weighted by Gasteiger charge is -2.22. The fourth-order valence-corrected chi connectivity index (χ4v) is 2.90. The second-order valence-corrected chi connectivity index (χ2v) is 6.25. The van der Waals surface area contributed by atoms with Crippen molar-refractivity contribution in [1.29, 1.82) is 0 Å². The maximum absolute atomic E-state index is 5.68. The van der Waals surface area contributed by atoms with Crippen molar-refractivity contribution in [2.45, 2.75) is 19.5 Å². The van der Waals surface area contributed by atoms with Gasteiger partial charge in [0.2, 0.25) is 0 Å². The van der Waals surface area contributed by atoms with Crippen LogP contribution in [0, 0.1) is 0 Å². The van der Waals surface area contributed by atoms with Crippen LogP contribution < -0.4 is 10.5 Å². The molecule has 0 aliphatic rings. The van der Waals surface area contributed by atoms with Gasteiger partial charge in [-0.3, -0.25) is 4.90 Å². The minimum absolute atomic E-state index is 0.715. The zero-order valence-corrected chi connectivity index (χ0v) is 14.6. The molecule has 0 fully saturated rings. The predicted octanol–water partition coefficient (Wildman–Crippen LogP) is 3.81. The second-order valence-electron chi connectivity index (χ2n) is 5.33. The highest BCUT2D eigenvalue weighted by atomic mass is 79.9. The molecule has 2 rings (SSSR count). The Hall–Kier alpha value is -1.36. The molecule has 0 amide bonds. The summed E-state index contributed by atoms with van der Waals surface area (Å²) in [6, 6.07) is 16.7. The summed E-state index contributed by atoms with van der Waals surface area (Å²) >= 11 is 3.54. The first-order valence-electron chi connectivity index (χ1n) is 7.51. The van der Waals surface area contributed by atoms with Crippen LogP contribution in [0.4, 0.5) is 0 Å². The molecule has 0 radical (unpaired) electrons. The van der Waals surface area contributed by atoms with E-state index in [4.69, 9.17) is 10.5 Å². The Morgan fingerprint density at radius 1 is 1.05 bits per heavy atom. The van der Waals surface area contributed by atoms with Gasteiger partial charge in [-0.2, -0.15) is 0 Å². The lowest BCUT2D eigenvalue weighted by molar-refractivity contribution is 0.254. The van der Waals surface area contributed by atoms with Crippen molar-refractivity contribution in [2.75, 3.05) is 20.2 Å². The minimum Gasteiger partial charge on any atom is -0.497 e. The van der Waals surface area contributed by atoms with Crippen molar-refractivity contribution in [3.8, 4) is 5.75 Å². The van der Waals surface area contributed by atoms with E-state index in [0.29, 0.717) is 6.54 Å². The van der Waals surface area contributed by atoms with Gasteiger partial charge in [0, 0.05) is 24.1 Å². The first-order valence-corrected chi connectivity index (χ1v) is 8.30. The molecule has 0 bridgehead atoms. The molecule has 0 aromatic heterocycles. The summed E-state index contributed by atoms with van der Waals surface area (Å²) in [5, 5.41) is 0. The summed E-state index contributed by atoms with van der Waals surface area (Å²) in [5.41, 5.74) is 8.24. The Labute approximate surface area is 141 Å². The molecule has 2 aromatic rings. The topological polar surface area (TPSA) is 38.5 Å². The molecule has 0 spiro atoms. The maximum atomic E-state index is 5.68. The van der Waals surface area contributed by atoms with Gasteiger partial charge in [0.25, 0.3) is 0 Å². The molecule has 2 N–H and O–H groups in total. The smallest absolute Gasteiger partial charge is 0.119 e. The normalized spacial score (nSPS) is 10.9. The maximum Gasteiger partial charge on any atom is 0.119 e. The molecule has 4 heteroatoms. The van der Waals surface area contributed by atoms with Gasteiger partial charge >= 0.3 is 0 Å². The molecule has 118 valence electrons. The Morgan fingerprint density at radius 3 is 2.36 bits per heavy atom. The van der Waals surface area contributed by atoms with Gasteiger partial charge < -0.3 is 10.5 Å². The average Bonchev–Trinajstić information content (AvgIpc) is 2.53. The highest BCUT2D eigenvalue weighted by molar-refractivity contribution is 9.10. The van der Waals surface area contributed by atoms with Gasteiger partial charge in [-0.25, -0.2) is 0 Å². The van der Waals surface area contributed by atoms with Crippen molar-refractivity contribution in [3.05, 3.63) is 64.1 Å². The van der Waals surface area contributed by atoms with Crippen LogP contribution in [0.2, 0.25) is 0 Å². The standard InChI is InChI=1S/C18H23BrN2O/c1-22-18-8-3-6-16(12-18)14-21(10-4-9-20)13-15-5-2-7-17(19)11-15/h2-3,5-8,11-12H,4,9-10,13-14,20H2,1H3. The number of nitrogens with zero attached hydrogens (tertiary/aromatic N) is 1. The summed E-state index contributed by atoms with van der Waals surface area (Å²) in [7, 11) is 1.70. The van der Waals surface area contributed by atoms with Crippen molar-refractivity contribution in [1.82, 2.24) is 4.90 Å². The summed E-state index contributed by atoms with van der Waals surface area (Å²) < 4.78 is 6.42. The molecule has 0 saturated carbocycles. The van der Waals surface area contributed by atoms with E-state index in [1.54, 1.807) is 7.11 Å². The van der Waals surface area contributed by atoms with Crippen LogP contribution in [0.1, 0.15) is 17.5 Å². The molecule has 3 nitrogen and oxygen atoms in total. The Kier molecular flexibility index (Phi) is 6.90. The van der Waals surface area contributed by atoms with Crippen LogP contribution in [0.25, 0.3) is 0 Å². The molecule has 0 unspecified atom stereocenters. The van der Waals surface area contributed by atoms with Crippen LogP contribution >= 0.6 is 15.9 Å². The molecular formula is C18H23BrN2O. The van der Waals surface area contributed by atoms with E-state index in [1.165, 1.54) is 11.1 Å². The lowest BCUT2D eigenvalue weighted by Crippen LogP contribution is -2.25. The predicted molar refractivity (Wildman–Crippen MR) is 94.9 cm³/mol. The number of ether oxygens (including phenoxy) is 1. The van der Waals surface area contributed by atoms with Crippen LogP contribution in [-0.2, 0) is 13.1 Å². The highest BCUT2D eigenvalue weighted by Gasteiger charge is 2.08. The number of hydrogen-bond donors (Lipinski definition) is 1. The van der Waals surface area contributed by atoms with E-state index in [2.05, 4.69) is 57.2 Å². The van der Waals surface area contributed by atoms with Crippen molar-refractivity contribution >= 4 is 15.9 Å². The number of rotatable bonds is 8. The number of nitrogens with two attached hydrogens (primary N) is 1. The molecule has 0 saturated heterocycles. The first kappa shape index (κ1) is 17.0. The molecule has 2 aromatic carbocycles. The van der Waals surface area contributed by atoms with E-state index in [1.807, 2.05) is 12.1 Å². The van der Waals surface area contributed by atoms with Gasteiger partial charge in [-0.1, -0.05) is 40.2 Å². The molecule has 22 heavy (non-hydrogen) atoms. The van der Waals surface area contributed by atoms with Crippen LogP contribution in [0.5, 0.6) is 5.75 Å². The number of hydrogen-bond acceptors (Lipinski definition) is 3. The zero-order chi connectivity index (χ0) is 15.8. The van der Waals surface area contributed by atoms with Gasteiger partial charge in [0.15, 0.2) is 0 Å². The van der Waals surface area contributed by atoms with Crippen molar-refractivity contribution < 1.29 is 4.74 Å². The lowest BCUT2D eigenvalue weighted by atomic mass is 10.1. The third-order valence-corrected chi connectivity index (χ3v) is 4.01. The van der Waals surface area contributed by atoms with Crippen LogP contribution in [0.15, 0.2) is 53.0 Å². The summed E-state index contributed by atoms with van der Waals surface area (Å²) in [4.78, 5) is 2.42. The second kappa shape index (κ2) is 8.93. The fraction of sp³-hybridized carbons (Fsp3) is 0.333. The average molecular weight is 363 g/mol. The summed E-state index contributed by atoms with van der Waals surface area (Å²) in [6.45, 7) is 3.51. The monoisotopic (exact) mass is 362 g/mol. The third-order valence-electron chi connectivity index (χ3n) is 3.51. The Balaban J connectivity index is 2.07. The SMILES string of the molecule is COc1cccc(CN(CCCN)Cc2cccc(Br)c2)c1. The first-order chi connectivity index (χ1) is 10.7. The number of halogens is 1. The fourth-order valence-electron chi connectivity index (χ4n) is 2.45. The van der Waals surface area contributed by atoms with E-state index in [9.17, 15) is 0 Å². The Bertz CT molecular complexity index is 589. The molecular weight excluding hydrogens is 340 g/mol. The van der Waals surface area contributed by atoms with E-state index in [0.717, 1.165) is 36.3 Å². The quantitative estimate of drug-likeness (QED) is 0.775. The van der Waals surface area contributed by atoms with Gasteiger partial charge in [0.05, 0.1) is 7.11 Å². The highest BCUT2D eigenvalue weighted by Crippen LogP contribution is 2.17. The number of benzene rings is 2.